The lowest BCUT2D eigenvalue weighted by Crippen LogP contribution is -2.13. The third-order valence-electron chi connectivity index (χ3n) is 3.01. The van der Waals surface area contributed by atoms with Crippen molar-refractivity contribution in [1.82, 2.24) is 0 Å². The van der Waals surface area contributed by atoms with Gasteiger partial charge in [0, 0.05) is 18.2 Å². The molecule has 0 saturated heterocycles. The first-order valence-electron chi connectivity index (χ1n) is 7.05. The minimum absolute atomic E-state index is 0.0643. The number of amides is 1. The van der Waals surface area contributed by atoms with Gasteiger partial charge < -0.3 is 15.2 Å². The van der Waals surface area contributed by atoms with Crippen molar-refractivity contribution in [3.8, 4) is 5.75 Å². The lowest BCUT2D eigenvalue weighted by Gasteiger charge is -2.08. The molecule has 4 nitrogen and oxygen atoms in total. The maximum Gasteiger partial charge on any atom is 0.224 e. The summed E-state index contributed by atoms with van der Waals surface area (Å²) in [5.74, 6) is -0.0204. The summed E-state index contributed by atoms with van der Waals surface area (Å²) in [5.41, 5.74) is 1.40. The highest BCUT2D eigenvalue weighted by Crippen LogP contribution is 2.13. The number of nitrogens with one attached hydrogen (secondary N) is 1. The van der Waals surface area contributed by atoms with E-state index in [2.05, 4.69) is 5.32 Å². The lowest BCUT2D eigenvalue weighted by molar-refractivity contribution is -0.116. The van der Waals surface area contributed by atoms with Crippen molar-refractivity contribution in [3.63, 3.8) is 0 Å². The Balaban J connectivity index is 1.71. The van der Waals surface area contributed by atoms with Crippen LogP contribution in [-0.4, -0.2) is 17.6 Å². The number of aliphatic hydroxyl groups excluding tert-OH is 1. The number of hydrogen-bond donors (Lipinski definition) is 2. The molecule has 1 amide bonds. The topological polar surface area (TPSA) is 58.6 Å². The molecule has 2 N–H and O–H groups in total. The molecule has 116 valence electrons. The van der Waals surface area contributed by atoms with Crippen molar-refractivity contribution in [3.05, 3.63) is 59.9 Å². The number of benzene rings is 2. The third-order valence-corrected chi connectivity index (χ3v) is 3.01. The van der Waals surface area contributed by atoms with Gasteiger partial charge in [-0.2, -0.15) is 0 Å². The molecule has 0 aliphatic carbocycles. The maximum absolute atomic E-state index is 12.9. The second-order valence-electron chi connectivity index (χ2n) is 4.82. The van der Waals surface area contributed by atoms with Crippen molar-refractivity contribution in [2.45, 2.75) is 19.4 Å². The minimum atomic E-state index is -0.348. The number of aliphatic hydroxyl groups is 1. The summed E-state index contributed by atoms with van der Waals surface area (Å²) in [6.07, 6.45) is 0.834. The zero-order chi connectivity index (χ0) is 15.8. The smallest absolute Gasteiger partial charge is 0.224 e. The molecule has 22 heavy (non-hydrogen) atoms. The van der Waals surface area contributed by atoms with Crippen molar-refractivity contribution < 1.29 is 19.0 Å². The van der Waals surface area contributed by atoms with Crippen LogP contribution in [0.25, 0.3) is 0 Å². The summed E-state index contributed by atoms with van der Waals surface area (Å²) in [5, 5.41) is 11.8. The van der Waals surface area contributed by atoms with E-state index >= 15 is 0 Å². The van der Waals surface area contributed by atoms with E-state index in [-0.39, 0.29) is 18.3 Å². The van der Waals surface area contributed by atoms with E-state index in [9.17, 15) is 9.18 Å². The van der Waals surface area contributed by atoms with E-state index in [4.69, 9.17) is 9.84 Å². The predicted octanol–water partition coefficient (Wildman–Crippen LogP) is 3.12. The van der Waals surface area contributed by atoms with Gasteiger partial charge in [0.2, 0.25) is 5.91 Å². The largest absolute Gasteiger partial charge is 0.493 e. The summed E-state index contributed by atoms with van der Waals surface area (Å²) in [6.45, 7) is 0.277. The van der Waals surface area contributed by atoms with Gasteiger partial charge in [0.05, 0.1) is 13.2 Å². The molecule has 2 aromatic carbocycles. The number of anilines is 1. The third kappa shape index (κ3) is 5.18. The van der Waals surface area contributed by atoms with Crippen LogP contribution in [0.1, 0.15) is 18.4 Å². The van der Waals surface area contributed by atoms with E-state index in [1.54, 1.807) is 36.4 Å². The SMILES string of the molecule is O=C(CCCOc1cccc(F)c1)Nc1cccc(CO)c1. The molecule has 0 heterocycles. The van der Waals surface area contributed by atoms with Crippen molar-refractivity contribution in [2.24, 2.45) is 0 Å². The monoisotopic (exact) mass is 303 g/mol. The molecule has 0 fully saturated rings. The van der Waals surface area contributed by atoms with Crippen LogP contribution in [0.4, 0.5) is 10.1 Å². The van der Waals surface area contributed by atoms with Crippen molar-refractivity contribution in [1.29, 1.82) is 0 Å². The molecule has 0 unspecified atom stereocenters. The molecule has 0 aliphatic rings. The Morgan fingerprint density at radius 1 is 1.18 bits per heavy atom. The average molecular weight is 303 g/mol. The zero-order valence-corrected chi connectivity index (χ0v) is 12.1. The van der Waals surface area contributed by atoms with E-state index < -0.39 is 0 Å². The van der Waals surface area contributed by atoms with Gasteiger partial charge in [-0.1, -0.05) is 18.2 Å². The van der Waals surface area contributed by atoms with Gasteiger partial charge >= 0.3 is 0 Å². The maximum atomic E-state index is 12.9. The zero-order valence-electron chi connectivity index (χ0n) is 12.1. The van der Waals surface area contributed by atoms with Gasteiger partial charge in [-0.15, -0.1) is 0 Å². The van der Waals surface area contributed by atoms with Gasteiger partial charge in [-0.05, 0) is 36.2 Å². The predicted molar refractivity (Wildman–Crippen MR) is 82.1 cm³/mol. The Morgan fingerprint density at radius 3 is 2.77 bits per heavy atom. The number of carbonyl (C=O) groups excluding carboxylic acids is 1. The quantitative estimate of drug-likeness (QED) is 0.773. The normalized spacial score (nSPS) is 10.3. The molecule has 0 saturated carbocycles. The molecular weight excluding hydrogens is 285 g/mol. The van der Waals surface area contributed by atoms with Crippen LogP contribution in [0.15, 0.2) is 48.5 Å². The molecule has 0 aliphatic heterocycles. The number of carbonyl (C=O) groups is 1. The fraction of sp³-hybridized carbons (Fsp3) is 0.235. The van der Waals surface area contributed by atoms with Crippen LogP contribution in [0.5, 0.6) is 5.75 Å². The van der Waals surface area contributed by atoms with Crippen LogP contribution in [0.2, 0.25) is 0 Å². The van der Waals surface area contributed by atoms with Gasteiger partial charge in [-0.25, -0.2) is 4.39 Å². The number of ether oxygens (including phenoxy) is 1. The molecule has 2 aromatic rings. The molecule has 2 rings (SSSR count). The van der Waals surface area contributed by atoms with Gasteiger partial charge in [0.1, 0.15) is 11.6 Å². The van der Waals surface area contributed by atoms with Gasteiger partial charge in [0.15, 0.2) is 0 Å². The Kier molecular flexibility index (Phi) is 5.91. The molecule has 0 aromatic heterocycles. The van der Waals surface area contributed by atoms with E-state index in [0.717, 1.165) is 5.56 Å². The molecule has 5 heteroatoms. The molecule has 0 atom stereocenters. The fourth-order valence-corrected chi connectivity index (χ4v) is 1.95. The van der Waals surface area contributed by atoms with Crippen LogP contribution in [0, 0.1) is 5.82 Å². The average Bonchev–Trinajstić information content (AvgIpc) is 2.52. The number of halogens is 1. The molecule has 0 spiro atoms. The van der Waals surface area contributed by atoms with E-state index in [1.807, 2.05) is 0 Å². The Bertz CT molecular complexity index is 631. The summed E-state index contributed by atoms with van der Waals surface area (Å²) < 4.78 is 18.3. The summed E-state index contributed by atoms with van der Waals surface area (Å²) in [6, 6.07) is 12.9. The Hall–Kier alpha value is -2.40. The van der Waals surface area contributed by atoms with Crippen LogP contribution in [-0.2, 0) is 11.4 Å². The van der Waals surface area contributed by atoms with Gasteiger partial charge in [0.25, 0.3) is 0 Å². The lowest BCUT2D eigenvalue weighted by atomic mass is 10.2. The highest BCUT2D eigenvalue weighted by Gasteiger charge is 2.03. The minimum Gasteiger partial charge on any atom is -0.493 e. The van der Waals surface area contributed by atoms with E-state index in [0.29, 0.717) is 30.9 Å². The number of hydrogen-bond acceptors (Lipinski definition) is 3. The number of rotatable bonds is 7. The highest BCUT2D eigenvalue weighted by molar-refractivity contribution is 5.90. The molecule has 0 bridgehead atoms. The second-order valence-corrected chi connectivity index (χ2v) is 4.82. The first-order valence-corrected chi connectivity index (χ1v) is 7.05. The molecule has 0 radical (unpaired) electrons. The van der Waals surface area contributed by atoms with Gasteiger partial charge in [-0.3, -0.25) is 4.79 Å². The van der Waals surface area contributed by atoms with Crippen LogP contribution in [0.3, 0.4) is 0 Å². The van der Waals surface area contributed by atoms with E-state index in [1.165, 1.54) is 12.1 Å². The standard InChI is InChI=1S/C17H18FNO3/c18-14-5-2-7-16(11-14)22-9-3-8-17(21)19-15-6-1-4-13(10-15)12-20/h1-2,4-7,10-11,20H,3,8-9,12H2,(H,19,21). The van der Waals surface area contributed by atoms with Crippen LogP contribution < -0.4 is 10.1 Å². The van der Waals surface area contributed by atoms with Crippen LogP contribution >= 0.6 is 0 Å². The highest BCUT2D eigenvalue weighted by atomic mass is 19.1. The summed E-state index contributed by atoms with van der Waals surface area (Å²) >= 11 is 0. The first-order chi connectivity index (χ1) is 10.7. The first kappa shape index (κ1) is 16.0. The van der Waals surface area contributed by atoms with Crippen molar-refractivity contribution in [2.75, 3.05) is 11.9 Å². The fourth-order valence-electron chi connectivity index (χ4n) is 1.95. The van der Waals surface area contributed by atoms with Crippen molar-refractivity contribution >= 4 is 11.6 Å². The summed E-state index contributed by atoms with van der Waals surface area (Å²) in [4.78, 5) is 11.8. The Labute approximate surface area is 128 Å². The Morgan fingerprint density at radius 2 is 2.00 bits per heavy atom. The second kappa shape index (κ2) is 8.14. The molecular formula is C17H18FNO3. The summed E-state index contributed by atoms with van der Waals surface area (Å²) in [7, 11) is 0.